The van der Waals surface area contributed by atoms with Gasteiger partial charge in [-0.05, 0) is 44.7 Å². The number of hydrogen-bond acceptors (Lipinski definition) is 3. The fourth-order valence-electron chi connectivity index (χ4n) is 2.93. The first kappa shape index (κ1) is 14.7. The maximum atomic E-state index is 12.5. The predicted octanol–water partition coefficient (Wildman–Crippen LogP) is 3.98. The van der Waals surface area contributed by atoms with E-state index >= 15 is 0 Å². The van der Waals surface area contributed by atoms with E-state index in [1.165, 1.54) is 25.7 Å². The van der Waals surface area contributed by atoms with Gasteiger partial charge < -0.3 is 0 Å². The van der Waals surface area contributed by atoms with Gasteiger partial charge in [-0.1, -0.05) is 31.0 Å². The van der Waals surface area contributed by atoms with E-state index in [0.29, 0.717) is 5.56 Å². The van der Waals surface area contributed by atoms with Gasteiger partial charge in [-0.25, -0.2) is 5.43 Å². The molecule has 0 atom stereocenters. The Morgan fingerprint density at radius 1 is 1.14 bits per heavy atom. The SMILES string of the molecule is Cc1cc(C(=O)NN=C2CCCCCC2)c2ccccc2n1. The summed E-state index contributed by atoms with van der Waals surface area (Å²) in [5, 5.41) is 5.22. The number of amides is 1. The lowest BCUT2D eigenvalue weighted by atomic mass is 10.1. The summed E-state index contributed by atoms with van der Waals surface area (Å²) in [4.78, 5) is 17.0. The molecule has 0 spiro atoms. The number of pyridine rings is 1. The van der Waals surface area contributed by atoms with Crippen LogP contribution in [0.1, 0.15) is 54.6 Å². The van der Waals surface area contributed by atoms with E-state index < -0.39 is 0 Å². The highest BCUT2D eigenvalue weighted by Gasteiger charge is 2.12. The van der Waals surface area contributed by atoms with E-state index in [9.17, 15) is 4.79 Å². The van der Waals surface area contributed by atoms with Crippen LogP contribution < -0.4 is 5.43 Å². The molecule has 4 nitrogen and oxygen atoms in total. The topological polar surface area (TPSA) is 54.4 Å². The minimum atomic E-state index is -0.154. The Kier molecular flexibility index (Phi) is 4.47. The number of hydrazone groups is 1. The van der Waals surface area contributed by atoms with Gasteiger partial charge in [-0.2, -0.15) is 5.10 Å². The number of aromatic nitrogens is 1. The number of benzene rings is 1. The molecule has 0 unspecified atom stereocenters. The molecular formula is C18H21N3O. The predicted molar refractivity (Wildman–Crippen MR) is 89.1 cm³/mol. The second-order valence-corrected chi connectivity index (χ2v) is 5.86. The van der Waals surface area contributed by atoms with Crippen LogP contribution in [-0.2, 0) is 0 Å². The molecule has 0 aliphatic heterocycles. The summed E-state index contributed by atoms with van der Waals surface area (Å²) >= 11 is 0. The maximum Gasteiger partial charge on any atom is 0.272 e. The third-order valence-electron chi connectivity index (χ3n) is 4.09. The number of hydrogen-bond donors (Lipinski definition) is 1. The van der Waals surface area contributed by atoms with Crippen molar-refractivity contribution >= 4 is 22.5 Å². The van der Waals surface area contributed by atoms with E-state index in [4.69, 9.17) is 0 Å². The molecule has 1 aliphatic carbocycles. The molecule has 114 valence electrons. The van der Waals surface area contributed by atoms with E-state index in [1.54, 1.807) is 0 Å². The van der Waals surface area contributed by atoms with Crippen molar-refractivity contribution in [3.05, 3.63) is 41.6 Å². The van der Waals surface area contributed by atoms with Crippen LogP contribution in [-0.4, -0.2) is 16.6 Å². The number of carbonyl (C=O) groups excluding carboxylic acids is 1. The van der Waals surface area contributed by atoms with Crippen LogP contribution in [0.4, 0.5) is 0 Å². The zero-order valence-corrected chi connectivity index (χ0v) is 12.9. The molecule has 0 saturated heterocycles. The van der Waals surface area contributed by atoms with E-state index in [1.807, 2.05) is 37.3 Å². The van der Waals surface area contributed by atoms with Gasteiger partial charge in [0.1, 0.15) is 0 Å². The van der Waals surface area contributed by atoms with Crippen LogP contribution in [0.25, 0.3) is 10.9 Å². The lowest BCUT2D eigenvalue weighted by molar-refractivity contribution is 0.0956. The lowest BCUT2D eigenvalue weighted by Crippen LogP contribution is -2.20. The van der Waals surface area contributed by atoms with Crippen molar-refractivity contribution in [3.63, 3.8) is 0 Å². The highest BCUT2D eigenvalue weighted by Crippen LogP contribution is 2.18. The van der Waals surface area contributed by atoms with Crippen molar-refractivity contribution in [1.82, 2.24) is 10.4 Å². The number of nitrogens with zero attached hydrogens (tertiary/aromatic N) is 2. The molecule has 3 rings (SSSR count). The number of rotatable bonds is 2. The Morgan fingerprint density at radius 3 is 2.64 bits per heavy atom. The highest BCUT2D eigenvalue weighted by molar-refractivity contribution is 6.06. The monoisotopic (exact) mass is 295 g/mol. The zero-order chi connectivity index (χ0) is 15.4. The molecule has 1 aromatic heterocycles. The van der Waals surface area contributed by atoms with Crippen molar-refractivity contribution < 1.29 is 4.79 Å². The van der Waals surface area contributed by atoms with Crippen molar-refractivity contribution in [1.29, 1.82) is 0 Å². The van der Waals surface area contributed by atoms with Gasteiger partial charge in [-0.3, -0.25) is 9.78 Å². The van der Waals surface area contributed by atoms with Gasteiger partial charge in [0.05, 0.1) is 11.1 Å². The summed E-state index contributed by atoms with van der Waals surface area (Å²) in [6.45, 7) is 1.90. The number of nitrogens with one attached hydrogen (secondary N) is 1. The fraction of sp³-hybridized carbons (Fsp3) is 0.389. The third kappa shape index (κ3) is 3.32. The summed E-state index contributed by atoms with van der Waals surface area (Å²) < 4.78 is 0. The first-order chi connectivity index (χ1) is 10.7. The molecule has 1 aromatic carbocycles. The number of para-hydroxylation sites is 1. The molecule has 1 N–H and O–H groups in total. The van der Waals surface area contributed by atoms with Crippen molar-refractivity contribution in [2.75, 3.05) is 0 Å². The molecule has 1 saturated carbocycles. The molecular weight excluding hydrogens is 274 g/mol. The molecule has 0 bridgehead atoms. The molecule has 1 amide bonds. The van der Waals surface area contributed by atoms with E-state index in [0.717, 1.165) is 35.2 Å². The van der Waals surface area contributed by atoms with E-state index in [-0.39, 0.29) is 5.91 Å². The average Bonchev–Trinajstić information content (AvgIpc) is 2.80. The zero-order valence-electron chi connectivity index (χ0n) is 12.9. The Morgan fingerprint density at radius 2 is 1.86 bits per heavy atom. The maximum absolute atomic E-state index is 12.5. The molecule has 2 aromatic rings. The minimum absolute atomic E-state index is 0.154. The van der Waals surface area contributed by atoms with Gasteiger partial charge in [0.15, 0.2) is 0 Å². The van der Waals surface area contributed by atoms with Crippen molar-refractivity contribution in [2.45, 2.75) is 45.4 Å². The lowest BCUT2D eigenvalue weighted by Gasteiger charge is -2.07. The first-order valence-corrected chi connectivity index (χ1v) is 7.96. The summed E-state index contributed by atoms with van der Waals surface area (Å²) in [6.07, 6.45) is 6.87. The van der Waals surface area contributed by atoms with E-state index in [2.05, 4.69) is 15.5 Å². The van der Waals surface area contributed by atoms with Crippen molar-refractivity contribution in [2.24, 2.45) is 5.10 Å². The normalized spacial score (nSPS) is 15.4. The smallest absolute Gasteiger partial charge is 0.267 e. The average molecular weight is 295 g/mol. The Hall–Kier alpha value is -2.23. The summed E-state index contributed by atoms with van der Waals surface area (Å²) in [5.41, 5.74) is 6.17. The number of carbonyl (C=O) groups is 1. The molecule has 4 heteroatoms. The summed E-state index contributed by atoms with van der Waals surface area (Å²) in [7, 11) is 0. The summed E-state index contributed by atoms with van der Waals surface area (Å²) in [6, 6.07) is 9.53. The molecule has 0 radical (unpaired) electrons. The second kappa shape index (κ2) is 6.69. The quantitative estimate of drug-likeness (QED) is 0.673. The first-order valence-electron chi connectivity index (χ1n) is 7.96. The van der Waals surface area contributed by atoms with Crippen LogP contribution in [0.3, 0.4) is 0 Å². The highest BCUT2D eigenvalue weighted by atomic mass is 16.2. The minimum Gasteiger partial charge on any atom is -0.267 e. The van der Waals surface area contributed by atoms with Crippen LogP contribution in [0.2, 0.25) is 0 Å². The Bertz CT molecular complexity index is 711. The van der Waals surface area contributed by atoms with Gasteiger partial charge in [0, 0.05) is 16.8 Å². The molecule has 1 heterocycles. The van der Waals surface area contributed by atoms with Crippen LogP contribution in [0.15, 0.2) is 35.4 Å². The third-order valence-corrected chi connectivity index (χ3v) is 4.09. The standard InChI is InChI=1S/C18H21N3O/c1-13-12-16(15-10-6-7-11-17(15)19-13)18(22)21-20-14-8-4-2-3-5-9-14/h6-7,10-12H,2-5,8-9H2,1H3,(H,21,22). The fourth-order valence-corrected chi connectivity index (χ4v) is 2.93. The van der Waals surface area contributed by atoms with Crippen molar-refractivity contribution in [3.8, 4) is 0 Å². The summed E-state index contributed by atoms with van der Waals surface area (Å²) in [5.74, 6) is -0.154. The van der Waals surface area contributed by atoms with Crippen LogP contribution in [0.5, 0.6) is 0 Å². The Balaban J connectivity index is 1.84. The molecule has 1 aliphatic rings. The van der Waals surface area contributed by atoms with Gasteiger partial charge in [-0.15, -0.1) is 0 Å². The Labute approximate surface area is 130 Å². The molecule has 22 heavy (non-hydrogen) atoms. The van der Waals surface area contributed by atoms with Gasteiger partial charge >= 0.3 is 0 Å². The van der Waals surface area contributed by atoms with Crippen LogP contribution in [0, 0.1) is 6.92 Å². The van der Waals surface area contributed by atoms with Gasteiger partial charge in [0.2, 0.25) is 0 Å². The largest absolute Gasteiger partial charge is 0.272 e. The van der Waals surface area contributed by atoms with Gasteiger partial charge in [0.25, 0.3) is 5.91 Å². The number of aryl methyl sites for hydroxylation is 1. The second-order valence-electron chi connectivity index (χ2n) is 5.86. The molecule has 1 fully saturated rings. The number of fused-ring (bicyclic) bond motifs is 1. The van der Waals surface area contributed by atoms with Crippen LogP contribution >= 0.6 is 0 Å².